The SMILES string of the molecule is CC1CCC(C(Br)c2ccc3c(c2)C(=O)NCCC3)CC1. The normalized spacial score (nSPS) is 27.4. The highest BCUT2D eigenvalue weighted by Gasteiger charge is 2.26. The van der Waals surface area contributed by atoms with Crippen LogP contribution in [0, 0.1) is 11.8 Å². The maximum Gasteiger partial charge on any atom is 0.251 e. The Kier molecular flexibility index (Phi) is 4.68. The number of benzene rings is 1. The molecule has 0 aromatic heterocycles. The van der Waals surface area contributed by atoms with E-state index in [2.05, 4.69) is 46.4 Å². The van der Waals surface area contributed by atoms with Gasteiger partial charge in [0.2, 0.25) is 0 Å². The van der Waals surface area contributed by atoms with Crippen molar-refractivity contribution in [3.8, 4) is 0 Å². The van der Waals surface area contributed by atoms with Crippen LogP contribution in [-0.2, 0) is 6.42 Å². The lowest BCUT2D eigenvalue weighted by molar-refractivity contribution is 0.0956. The molecule has 21 heavy (non-hydrogen) atoms. The van der Waals surface area contributed by atoms with Crippen LogP contribution in [0.4, 0.5) is 0 Å². The lowest BCUT2D eigenvalue weighted by atomic mass is 9.79. The van der Waals surface area contributed by atoms with Gasteiger partial charge in [0, 0.05) is 16.9 Å². The van der Waals surface area contributed by atoms with E-state index in [0.29, 0.717) is 10.7 Å². The Balaban J connectivity index is 1.81. The van der Waals surface area contributed by atoms with E-state index in [9.17, 15) is 4.79 Å². The molecule has 0 bridgehead atoms. The first-order valence-electron chi connectivity index (χ1n) is 8.20. The highest BCUT2D eigenvalue weighted by atomic mass is 79.9. The number of rotatable bonds is 2. The Morgan fingerprint density at radius 1 is 1.24 bits per heavy atom. The molecule has 0 saturated heterocycles. The zero-order valence-corrected chi connectivity index (χ0v) is 14.3. The topological polar surface area (TPSA) is 29.1 Å². The van der Waals surface area contributed by atoms with Gasteiger partial charge in [-0.05, 0) is 54.7 Å². The maximum atomic E-state index is 12.2. The summed E-state index contributed by atoms with van der Waals surface area (Å²) < 4.78 is 0. The fourth-order valence-electron chi connectivity index (χ4n) is 3.62. The largest absolute Gasteiger partial charge is 0.352 e. The molecule has 1 N–H and O–H groups in total. The van der Waals surface area contributed by atoms with Gasteiger partial charge in [0.15, 0.2) is 0 Å². The molecule has 3 rings (SSSR count). The second kappa shape index (κ2) is 6.51. The van der Waals surface area contributed by atoms with Crippen molar-refractivity contribution in [2.45, 2.75) is 50.3 Å². The highest BCUT2D eigenvalue weighted by Crippen LogP contribution is 2.42. The van der Waals surface area contributed by atoms with E-state index in [1.54, 1.807) is 0 Å². The van der Waals surface area contributed by atoms with Crippen molar-refractivity contribution in [1.82, 2.24) is 5.32 Å². The second-order valence-corrected chi connectivity index (χ2v) is 7.68. The molecule has 1 atom stereocenters. The average Bonchev–Trinajstić information content (AvgIpc) is 2.69. The molecule has 2 aliphatic rings. The van der Waals surface area contributed by atoms with Gasteiger partial charge in [-0.1, -0.05) is 47.8 Å². The molecule has 1 fully saturated rings. The van der Waals surface area contributed by atoms with E-state index in [4.69, 9.17) is 0 Å². The van der Waals surface area contributed by atoms with Crippen LogP contribution in [0.5, 0.6) is 0 Å². The quantitative estimate of drug-likeness (QED) is 0.775. The molecule has 1 aromatic rings. The summed E-state index contributed by atoms with van der Waals surface area (Å²) in [5.41, 5.74) is 3.36. The molecule has 0 spiro atoms. The van der Waals surface area contributed by atoms with E-state index < -0.39 is 0 Å². The summed E-state index contributed by atoms with van der Waals surface area (Å²) in [6.07, 6.45) is 7.29. The molecule has 2 nitrogen and oxygen atoms in total. The van der Waals surface area contributed by atoms with E-state index in [1.807, 2.05) is 0 Å². The highest BCUT2D eigenvalue weighted by molar-refractivity contribution is 9.09. The van der Waals surface area contributed by atoms with Gasteiger partial charge in [0.1, 0.15) is 0 Å². The minimum Gasteiger partial charge on any atom is -0.352 e. The predicted molar refractivity (Wildman–Crippen MR) is 89.9 cm³/mol. The number of nitrogens with one attached hydrogen (secondary N) is 1. The van der Waals surface area contributed by atoms with E-state index in [1.165, 1.54) is 36.8 Å². The molecule has 3 heteroatoms. The number of carbonyl (C=O) groups is 1. The standard InChI is InChI=1S/C18H24BrNO/c1-12-4-6-14(7-5-12)17(19)15-9-8-13-3-2-10-20-18(21)16(13)11-15/h8-9,11-12,14,17H,2-7,10H2,1H3,(H,20,21). The van der Waals surface area contributed by atoms with Crippen LogP contribution in [0.1, 0.15) is 65.3 Å². The predicted octanol–water partition coefficient (Wildman–Crippen LogP) is 4.62. The number of fused-ring (bicyclic) bond motifs is 1. The Bertz CT molecular complexity index is 520. The van der Waals surface area contributed by atoms with Gasteiger partial charge in [-0.3, -0.25) is 4.79 Å². The molecule has 0 radical (unpaired) electrons. The Morgan fingerprint density at radius 3 is 2.76 bits per heavy atom. The van der Waals surface area contributed by atoms with E-state index in [0.717, 1.165) is 30.9 Å². The van der Waals surface area contributed by atoms with Crippen LogP contribution >= 0.6 is 15.9 Å². The van der Waals surface area contributed by atoms with Crippen LogP contribution in [0.15, 0.2) is 18.2 Å². The monoisotopic (exact) mass is 349 g/mol. The lowest BCUT2D eigenvalue weighted by Crippen LogP contribution is -2.23. The van der Waals surface area contributed by atoms with E-state index in [-0.39, 0.29) is 5.91 Å². The maximum absolute atomic E-state index is 12.2. The summed E-state index contributed by atoms with van der Waals surface area (Å²) in [4.78, 5) is 12.6. The van der Waals surface area contributed by atoms with Crippen LogP contribution in [0.3, 0.4) is 0 Å². The van der Waals surface area contributed by atoms with Crippen LogP contribution in [-0.4, -0.2) is 12.5 Å². The second-order valence-electron chi connectivity index (χ2n) is 6.70. The molecule has 1 aliphatic heterocycles. The zero-order chi connectivity index (χ0) is 14.8. The first-order chi connectivity index (χ1) is 10.1. The summed E-state index contributed by atoms with van der Waals surface area (Å²) in [5, 5.41) is 3.00. The number of hydrogen-bond donors (Lipinski definition) is 1. The zero-order valence-electron chi connectivity index (χ0n) is 12.7. The molecule has 1 aromatic carbocycles. The Morgan fingerprint density at radius 2 is 2.00 bits per heavy atom. The van der Waals surface area contributed by atoms with Crippen molar-refractivity contribution in [2.24, 2.45) is 11.8 Å². The van der Waals surface area contributed by atoms with Crippen molar-refractivity contribution in [2.75, 3.05) is 6.54 Å². The Labute approximate surface area is 135 Å². The van der Waals surface area contributed by atoms with Crippen LogP contribution in [0.2, 0.25) is 0 Å². The Hall–Kier alpha value is -0.830. The van der Waals surface area contributed by atoms with Crippen molar-refractivity contribution in [1.29, 1.82) is 0 Å². The number of amides is 1. The van der Waals surface area contributed by atoms with Gasteiger partial charge in [-0.25, -0.2) is 0 Å². The third kappa shape index (κ3) is 3.33. The van der Waals surface area contributed by atoms with Gasteiger partial charge in [0.05, 0.1) is 0 Å². The summed E-state index contributed by atoms with van der Waals surface area (Å²) >= 11 is 3.90. The molecule has 1 unspecified atom stereocenters. The number of hydrogen-bond acceptors (Lipinski definition) is 1. The van der Waals surface area contributed by atoms with Crippen LogP contribution < -0.4 is 5.32 Å². The first-order valence-corrected chi connectivity index (χ1v) is 9.12. The molecule has 1 amide bonds. The summed E-state index contributed by atoms with van der Waals surface area (Å²) in [6, 6.07) is 6.50. The minimum absolute atomic E-state index is 0.0984. The number of alkyl halides is 1. The first kappa shape index (κ1) is 15.1. The number of halogens is 1. The van der Waals surface area contributed by atoms with Gasteiger partial charge in [-0.2, -0.15) is 0 Å². The fourth-order valence-corrected chi connectivity index (χ4v) is 4.44. The number of aryl methyl sites for hydroxylation is 1. The van der Waals surface area contributed by atoms with Gasteiger partial charge in [0.25, 0.3) is 5.91 Å². The van der Waals surface area contributed by atoms with Crippen molar-refractivity contribution in [3.63, 3.8) is 0 Å². The lowest BCUT2D eigenvalue weighted by Gasteiger charge is -2.30. The van der Waals surface area contributed by atoms with Crippen LogP contribution in [0.25, 0.3) is 0 Å². The van der Waals surface area contributed by atoms with E-state index >= 15 is 0 Å². The van der Waals surface area contributed by atoms with Gasteiger partial charge in [-0.15, -0.1) is 0 Å². The fraction of sp³-hybridized carbons (Fsp3) is 0.611. The molecule has 1 aliphatic carbocycles. The third-order valence-electron chi connectivity index (χ3n) is 5.08. The third-order valence-corrected chi connectivity index (χ3v) is 6.36. The summed E-state index contributed by atoms with van der Waals surface area (Å²) in [6.45, 7) is 3.15. The molecular formula is C18H24BrNO. The molecule has 1 saturated carbocycles. The smallest absolute Gasteiger partial charge is 0.251 e. The molecular weight excluding hydrogens is 326 g/mol. The van der Waals surface area contributed by atoms with Crippen molar-refractivity contribution < 1.29 is 4.79 Å². The van der Waals surface area contributed by atoms with Crippen molar-refractivity contribution in [3.05, 3.63) is 34.9 Å². The summed E-state index contributed by atoms with van der Waals surface area (Å²) in [7, 11) is 0. The van der Waals surface area contributed by atoms with Crippen molar-refractivity contribution >= 4 is 21.8 Å². The molecule has 114 valence electrons. The summed E-state index contributed by atoms with van der Waals surface area (Å²) in [5.74, 6) is 1.67. The molecule has 1 heterocycles. The minimum atomic E-state index is 0.0984. The average molecular weight is 350 g/mol. The van der Waals surface area contributed by atoms with Gasteiger partial charge < -0.3 is 5.32 Å². The van der Waals surface area contributed by atoms with Gasteiger partial charge >= 0.3 is 0 Å². The number of carbonyl (C=O) groups excluding carboxylic acids is 1.